The molecule has 67 heavy (non-hydrogen) atoms. The third-order valence-electron chi connectivity index (χ3n) is 13.3. The minimum absolute atomic E-state index is 0.0224. The second-order valence-corrected chi connectivity index (χ2v) is 18.6. The molecule has 7 N–H and O–H groups in total. The number of carbonyl (C=O) groups is 5. The fourth-order valence-electron chi connectivity index (χ4n) is 9.39. The molecule has 0 aromatic heterocycles. The molecule has 0 bridgehead atoms. The van der Waals surface area contributed by atoms with Gasteiger partial charge >= 0.3 is 0 Å². The van der Waals surface area contributed by atoms with Crippen LogP contribution >= 0.6 is 0 Å². The van der Waals surface area contributed by atoms with E-state index in [4.69, 9.17) is 15.2 Å². The maximum absolute atomic E-state index is 14.3. The van der Waals surface area contributed by atoms with E-state index in [0.717, 1.165) is 36.1 Å². The number of nitrogens with one attached hydrogen (secondary N) is 5. The predicted molar refractivity (Wildman–Crippen MR) is 266 cm³/mol. The van der Waals surface area contributed by atoms with Crippen LogP contribution in [0.15, 0.2) is 66.9 Å². The fraction of sp³-hybridized carbons (Fsp3) is 0.627. The van der Waals surface area contributed by atoms with E-state index in [1.807, 2.05) is 56.6 Å². The van der Waals surface area contributed by atoms with Gasteiger partial charge in [-0.1, -0.05) is 90.1 Å². The third kappa shape index (κ3) is 16.7. The molecule has 1 aliphatic heterocycles. The Kier molecular flexibility index (Phi) is 24.0. The van der Waals surface area contributed by atoms with E-state index in [1.165, 1.54) is 0 Å². The Bertz CT molecular complexity index is 1860. The number of hydrogen-bond donors (Lipinski definition) is 6. The molecule has 3 rings (SSSR count). The normalized spacial score (nSPS) is 17.4. The Morgan fingerprint density at radius 1 is 0.881 bits per heavy atom. The SMILES string of the molecule is C=C(NCC(=O)N(C)C([C@@H](C)CC)[C@@H](CC(=O)N1CCC[C@H]1[C@H](OC)[C@@H](C)C(=O)N[C@@H](Cc1ccccc1)C(=O)NCc1ccc(NC(=O)[C@H](CCCN)NC)cc1)OC)C(C(C)C)N(C)C. The first kappa shape index (κ1) is 56.5. The zero-order valence-corrected chi connectivity index (χ0v) is 42.2. The summed E-state index contributed by atoms with van der Waals surface area (Å²) in [6, 6.07) is 14.7. The molecule has 2 aromatic carbocycles. The summed E-state index contributed by atoms with van der Waals surface area (Å²) in [5, 5.41) is 15.2. The number of amides is 5. The van der Waals surface area contributed by atoms with Gasteiger partial charge in [-0.05, 0) is 88.5 Å². The predicted octanol–water partition coefficient (Wildman–Crippen LogP) is 3.91. The standard InChI is InChI=1S/C51H83N9O7/c1-13-34(4)47(59(10)45(62)32-54-36(6)46(33(2)3)58(8)9)43(66-11)30-44(61)60-28-18-22-42(60)48(67-12)35(5)49(63)57-41(29-37-19-15-14-16-20-37)50(64)55-31-38-23-25-39(26-24-38)56-51(65)40(53-7)21-17-27-52/h14-16,19-20,23-26,33-35,40-43,46-48,53-54H,6,13,17-18,21-22,27-32,52H2,1-5,7-12H3,(H,55,64)(H,56,65)(H,57,63)/t34-,35+,40-,41-,42-,43+,46?,47?,48+/m0/s1. The highest BCUT2D eigenvalue weighted by atomic mass is 16.5. The number of anilines is 1. The lowest BCUT2D eigenvalue weighted by Crippen LogP contribution is -2.55. The maximum Gasteiger partial charge on any atom is 0.243 e. The van der Waals surface area contributed by atoms with Crippen LogP contribution in [-0.4, -0.2) is 149 Å². The second kappa shape index (κ2) is 28.5. The zero-order chi connectivity index (χ0) is 49.8. The summed E-state index contributed by atoms with van der Waals surface area (Å²) < 4.78 is 12.1. The smallest absolute Gasteiger partial charge is 0.243 e. The zero-order valence-electron chi connectivity index (χ0n) is 42.2. The molecule has 16 heteroatoms. The van der Waals surface area contributed by atoms with Crippen molar-refractivity contribution in [3.63, 3.8) is 0 Å². The molecule has 9 atom stereocenters. The molecule has 2 aromatic rings. The average molecular weight is 934 g/mol. The van der Waals surface area contributed by atoms with Gasteiger partial charge in [-0.3, -0.25) is 24.0 Å². The van der Waals surface area contributed by atoms with Crippen molar-refractivity contribution >= 4 is 35.2 Å². The summed E-state index contributed by atoms with van der Waals surface area (Å²) in [7, 11) is 10.6. The van der Waals surface area contributed by atoms with Crippen molar-refractivity contribution in [3.8, 4) is 0 Å². The first-order valence-corrected chi connectivity index (χ1v) is 24.0. The van der Waals surface area contributed by atoms with Crippen LogP contribution in [0.3, 0.4) is 0 Å². The third-order valence-corrected chi connectivity index (χ3v) is 13.3. The lowest BCUT2D eigenvalue weighted by Gasteiger charge is -2.39. The number of methoxy groups -OCH3 is 2. The van der Waals surface area contributed by atoms with Gasteiger partial charge in [0, 0.05) is 52.2 Å². The van der Waals surface area contributed by atoms with Crippen molar-refractivity contribution in [2.45, 2.75) is 129 Å². The molecule has 16 nitrogen and oxygen atoms in total. The Morgan fingerprint density at radius 2 is 1.55 bits per heavy atom. The number of likely N-dealkylation sites (N-methyl/N-ethyl adjacent to an activating group) is 3. The van der Waals surface area contributed by atoms with E-state index in [9.17, 15) is 24.0 Å². The molecule has 1 saturated heterocycles. The summed E-state index contributed by atoms with van der Waals surface area (Å²) in [6.07, 6.45) is 2.51. The van der Waals surface area contributed by atoms with Gasteiger partial charge in [-0.25, -0.2) is 0 Å². The van der Waals surface area contributed by atoms with Crippen LogP contribution in [0, 0.1) is 17.8 Å². The summed E-state index contributed by atoms with van der Waals surface area (Å²) in [5.74, 6) is -1.56. The number of ether oxygens (including phenoxy) is 2. The fourth-order valence-corrected chi connectivity index (χ4v) is 9.39. The van der Waals surface area contributed by atoms with E-state index in [2.05, 4.69) is 65.8 Å². The molecule has 1 fully saturated rings. The number of hydrogen-bond acceptors (Lipinski definition) is 11. The summed E-state index contributed by atoms with van der Waals surface area (Å²) in [5.41, 5.74) is 8.71. The van der Waals surface area contributed by atoms with Crippen LogP contribution in [0.4, 0.5) is 5.69 Å². The Labute approximate surface area is 400 Å². The summed E-state index contributed by atoms with van der Waals surface area (Å²) in [6.45, 7) is 15.6. The van der Waals surface area contributed by atoms with Crippen LogP contribution in [-0.2, 0) is 46.4 Å². The van der Waals surface area contributed by atoms with E-state index in [1.54, 1.807) is 57.2 Å². The van der Waals surface area contributed by atoms with Crippen molar-refractivity contribution in [1.82, 2.24) is 36.0 Å². The van der Waals surface area contributed by atoms with Crippen LogP contribution in [0.5, 0.6) is 0 Å². The number of carbonyl (C=O) groups excluding carboxylic acids is 5. The molecule has 0 saturated carbocycles. The quantitative estimate of drug-likeness (QED) is 0.0692. The highest BCUT2D eigenvalue weighted by Crippen LogP contribution is 2.29. The minimum Gasteiger partial charge on any atom is -0.379 e. The Morgan fingerprint density at radius 3 is 2.12 bits per heavy atom. The number of nitrogens with zero attached hydrogens (tertiary/aromatic N) is 3. The van der Waals surface area contributed by atoms with Gasteiger partial charge < -0.3 is 56.5 Å². The van der Waals surface area contributed by atoms with E-state index < -0.39 is 30.2 Å². The van der Waals surface area contributed by atoms with Gasteiger partial charge in [0.15, 0.2) is 0 Å². The number of likely N-dealkylation sites (tertiary alicyclic amines) is 1. The largest absolute Gasteiger partial charge is 0.379 e. The van der Waals surface area contributed by atoms with Gasteiger partial charge in [0.2, 0.25) is 29.5 Å². The monoisotopic (exact) mass is 934 g/mol. The van der Waals surface area contributed by atoms with E-state index in [0.29, 0.717) is 37.5 Å². The van der Waals surface area contributed by atoms with Crippen LogP contribution in [0.25, 0.3) is 0 Å². The number of rotatable bonds is 29. The van der Waals surface area contributed by atoms with Gasteiger partial charge in [-0.15, -0.1) is 0 Å². The first-order valence-electron chi connectivity index (χ1n) is 24.0. The molecule has 0 radical (unpaired) electrons. The van der Waals surface area contributed by atoms with Gasteiger partial charge in [0.05, 0.1) is 55.3 Å². The lowest BCUT2D eigenvalue weighted by molar-refractivity contribution is -0.145. The van der Waals surface area contributed by atoms with E-state index in [-0.39, 0.29) is 79.5 Å². The van der Waals surface area contributed by atoms with Crippen molar-refractivity contribution in [1.29, 1.82) is 0 Å². The number of benzene rings is 2. The highest BCUT2D eigenvalue weighted by Gasteiger charge is 2.42. The van der Waals surface area contributed by atoms with Crippen molar-refractivity contribution < 1.29 is 33.4 Å². The highest BCUT2D eigenvalue weighted by molar-refractivity contribution is 5.95. The van der Waals surface area contributed by atoms with Crippen molar-refractivity contribution in [2.24, 2.45) is 23.5 Å². The topological polar surface area (TPSA) is 200 Å². The Balaban J connectivity index is 1.72. The van der Waals surface area contributed by atoms with Crippen LogP contribution in [0.1, 0.15) is 84.3 Å². The van der Waals surface area contributed by atoms with Crippen molar-refractivity contribution in [2.75, 3.05) is 67.4 Å². The molecular weight excluding hydrogens is 851 g/mol. The molecule has 5 amide bonds. The molecule has 1 aliphatic rings. The number of nitrogens with two attached hydrogens (primary N) is 1. The summed E-state index contributed by atoms with van der Waals surface area (Å²) >= 11 is 0. The van der Waals surface area contributed by atoms with Crippen LogP contribution < -0.4 is 32.3 Å². The molecule has 374 valence electrons. The first-order chi connectivity index (χ1) is 31.9. The second-order valence-electron chi connectivity index (χ2n) is 18.6. The van der Waals surface area contributed by atoms with E-state index >= 15 is 0 Å². The minimum atomic E-state index is -0.903. The maximum atomic E-state index is 14.3. The van der Waals surface area contributed by atoms with Crippen molar-refractivity contribution in [3.05, 3.63) is 78.0 Å². The average Bonchev–Trinajstić information content (AvgIpc) is 3.80. The molecule has 1 heterocycles. The van der Waals surface area contributed by atoms with Gasteiger partial charge in [0.25, 0.3) is 0 Å². The molecular formula is C51H83N9O7. The molecule has 0 aliphatic carbocycles. The Hall–Kier alpha value is -4.87. The van der Waals surface area contributed by atoms with Crippen LogP contribution in [0.2, 0.25) is 0 Å². The summed E-state index contributed by atoms with van der Waals surface area (Å²) in [4.78, 5) is 74.5. The lowest BCUT2D eigenvalue weighted by atomic mass is 9.90. The molecule has 2 unspecified atom stereocenters. The molecule has 0 spiro atoms. The van der Waals surface area contributed by atoms with Gasteiger partial charge in [-0.2, -0.15) is 0 Å². The van der Waals surface area contributed by atoms with Gasteiger partial charge in [0.1, 0.15) is 6.04 Å².